The van der Waals surface area contributed by atoms with E-state index in [2.05, 4.69) is 20.9 Å². The Morgan fingerprint density at radius 2 is 2.11 bits per heavy atom. The molecule has 0 atom stereocenters. The van der Waals surface area contributed by atoms with Crippen molar-refractivity contribution in [3.8, 4) is 11.5 Å². The van der Waals surface area contributed by atoms with Gasteiger partial charge in [-0.25, -0.2) is 0 Å². The standard InChI is InChI=1S/C12H9BrClN3O/c13-7-1-2-11(10(3-7)12(15)16)18-9-4-8(14)5-17-6-9/h1-6H,(H3,15,16). The second-order valence-corrected chi connectivity index (χ2v) is 4.85. The number of ether oxygens (including phenoxy) is 1. The smallest absolute Gasteiger partial charge is 0.147 e. The molecule has 0 radical (unpaired) electrons. The van der Waals surface area contributed by atoms with Crippen molar-refractivity contribution in [2.45, 2.75) is 0 Å². The van der Waals surface area contributed by atoms with Crippen LogP contribution in [-0.4, -0.2) is 10.8 Å². The molecule has 18 heavy (non-hydrogen) atoms. The van der Waals surface area contributed by atoms with Crippen LogP contribution in [0.4, 0.5) is 0 Å². The molecule has 0 saturated carbocycles. The van der Waals surface area contributed by atoms with E-state index in [1.54, 1.807) is 24.3 Å². The molecule has 2 rings (SSSR count). The number of halogens is 2. The van der Waals surface area contributed by atoms with Gasteiger partial charge in [0.05, 0.1) is 16.8 Å². The molecule has 0 aliphatic heterocycles. The zero-order valence-electron chi connectivity index (χ0n) is 9.15. The van der Waals surface area contributed by atoms with Gasteiger partial charge in [-0.05, 0) is 18.2 Å². The first-order valence-corrected chi connectivity index (χ1v) is 6.15. The van der Waals surface area contributed by atoms with Crippen LogP contribution in [0.5, 0.6) is 11.5 Å². The topological polar surface area (TPSA) is 72.0 Å². The second-order valence-electron chi connectivity index (χ2n) is 3.50. The first kappa shape index (κ1) is 12.9. The highest BCUT2D eigenvalue weighted by Crippen LogP contribution is 2.28. The van der Waals surface area contributed by atoms with Crippen molar-refractivity contribution in [1.29, 1.82) is 5.41 Å². The van der Waals surface area contributed by atoms with Gasteiger partial charge in [0.1, 0.15) is 17.3 Å². The van der Waals surface area contributed by atoms with Gasteiger partial charge in [0.25, 0.3) is 0 Å². The minimum atomic E-state index is -0.0683. The SMILES string of the molecule is N=C(N)c1cc(Br)ccc1Oc1cncc(Cl)c1. The van der Waals surface area contributed by atoms with E-state index in [9.17, 15) is 0 Å². The van der Waals surface area contributed by atoms with E-state index in [1.807, 2.05) is 0 Å². The average molecular weight is 327 g/mol. The van der Waals surface area contributed by atoms with Crippen molar-refractivity contribution >= 4 is 33.4 Å². The molecule has 3 N–H and O–H groups in total. The number of nitrogens with one attached hydrogen (secondary N) is 1. The van der Waals surface area contributed by atoms with Crippen LogP contribution in [0, 0.1) is 5.41 Å². The number of hydrogen-bond donors (Lipinski definition) is 2. The fourth-order valence-electron chi connectivity index (χ4n) is 1.38. The zero-order valence-corrected chi connectivity index (χ0v) is 11.5. The van der Waals surface area contributed by atoms with Gasteiger partial charge in [0.15, 0.2) is 0 Å². The Morgan fingerprint density at radius 1 is 1.33 bits per heavy atom. The van der Waals surface area contributed by atoms with E-state index in [-0.39, 0.29) is 5.84 Å². The van der Waals surface area contributed by atoms with Crippen LogP contribution in [0.3, 0.4) is 0 Å². The first-order chi connectivity index (χ1) is 8.56. The van der Waals surface area contributed by atoms with Gasteiger partial charge in [-0.15, -0.1) is 0 Å². The van der Waals surface area contributed by atoms with Gasteiger partial charge >= 0.3 is 0 Å². The third kappa shape index (κ3) is 3.00. The molecule has 6 heteroatoms. The van der Waals surface area contributed by atoms with Crippen LogP contribution < -0.4 is 10.5 Å². The van der Waals surface area contributed by atoms with E-state index < -0.39 is 0 Å². The largest absolute Gasteiger partial charge is 0.455 e. The summed E-state index contributed by atoms with van der Waals surface area (Å²) >= 11 is 9.14. The molecule has 0 unspecified atom stereocenters. The Hall–Kier alpha value is -1.59. The Kier molecular flexibility index (Phi) is 3.84. The highest BCUT2D eigenvalue weighted by Gasteiger charge is 2.09. The normalized spacial score (nSPS) is 10.1. The monoisotopic (exact) mass is 325 g/mol. The Balaban J connectivity index is 2.37. The van der Waals surface area contributed by atoms with E-state index in [0.717, 1.165) is 4.47 Å². The fourth-order valence-corrected chi connectivity index (χ4v) is 1.90. The summed E-state index contributed by atoms with van der Waals surface area (Å²) < 4.78 is 6.44. The summed E-state index contributed by atoms with van der Waals surface area (Å²) in [7, 11) is 0. The van der Waals surface area contributed by atoms with E-state index in [4.69, 9.17) is 27.5 Å². The van der Waals surface area contributed by atoms with Crippen molar-refractivity contribution in [2.75, 3.05) is 0 Å². The maximum atomic E-state index is 7.52. The molecule has 0 aliphatic carbocycles. The maximum Gasteiger partial charge on any atom is 0.147 e. The lowest BCUT2D eigenvalue weighted by molar-refractivity contribution is 0.479. The molecule has 2 aromatic rings. The highest BCUT2D eigenvalue weighted by molar-refractivity contribution is 9.10. The number of pyridine rings is 1. The van der Waals surface area contributed by atoms with Gasteiger partial charge in [-0.3, -0.25) is 10.4 Å². The fraction of sp³-hybridized carbons (Fsp3) is 0. The summed E-state index contributed by atoms with van der Waals surface area (Å²) in [5.74, 6) is 0.906. The van der Waals surface area contributed by atoms with Crippen molar-refractivity contribution in [1.82, 2.24) is 4.98 Å². The Bertz CT molecular complexity index is 604. The summed E-state index contributed by atoms with van der Waals surface area (Å²) in [6, 6.07) is 6.89. The number of aromatic nitrogens is 1. The lowest BCUT2D eigenvalue weighted by atomic mass is 10.2. The van der Waals surface area contributed by atoms with Gasteiger partial charge in [0, 0.05) is 16.7 Å². The quantitative estimate of drug-likeness (QED) is 0.669. The van der Waals surface area contributed by atoms with Gasteiger partial charge in [-0.1, -0.05) is 27.5 Å². The average Bonchev–Trinajstić information content (AvgIpc) is 2.31. The third-order valence-corrected chi connectivity index (χ3v) is 2.84. The van der Waals surface area contributed by atoms with Crippen LogP contribution in [0.15, 0.2) is 41.1 Å². The maximum absolute atomic E-state index is 7.52. The molecule has 1 heterocycles. The molecule has 0 aliphatic rings. The molecule has 0 saturated heterocycles. The van der Waals surface area contributed by atoms with Gasteiger partial charge in [0.2, 0.25) is 0 Å². The number of rotatable bonds is 3. The minimum absolute atomic E-state index is 0.0683. The lowest BCUT2D eigenvalue weighted by Crippen LogP contribution is -2.12. The van der Waals surface area contributed by atoms with Crippen LogP contribution in [0.1, 0.15) is 5.56 Å². The van der Waals surface area contributed by atoms with Crippen molar-refractivity contribution in [2.24, 2.45) is 5.73 Å². The summed E-state index contributed by atoms with van der Waals surface area (Å²) in [6.07, 6.45) is 3.06. The lowest BCUT2D eigenvalue weighted by Gasteiger charge is -2.10. The summed E-state index contributed by atoms with van der Waals surface area (Å²) in [6.45, 7) is 0. The van der Waals surface area contributed by atoms with E-state index in [0.29, 0.717) is 22.1 Å². The molecule has 0 spiro atoms. The molecule has 1 aromatic carbocycles. The van der Waals surface area contributed by atoms with Crippen LogP contribution in [0.25, 0.3) is 0 Å². The number of nitrogens with two attached hydrogens (primary N) is 1. The van der Waals surface area contributed by atoms with E-state index in [1.165, 1.54) is 12.4 Å². The molecule has 4 nitrogen and oxygen atoms in total. The predicted molar refractivity (Wildman–Crippen MR) is 74.5 cm³/mol. The van der Waals surface area contributed by atoms with Crippen LogP contribution in [-0.2, 0) is 0 Å². The van der Waals surface area contributed by atoms with Gasteiger partial charge < -0.3 is 10.5 Å². The van der Waals surface area contributed by atoms with E-state index >= 15 is 0 Å². The molecular weight excluding hydrogens is 318 g/mol. The predicted octanol–water partition coefficient (Wildman–Crippen LogP) is 3.57. The molecule has 0 fully saturated rings. The zero-order chi connectivity index (χ0) is 13.1. The third-order valence-electron chi connectivity index (χ3n) is 2.14. The summed E-state index contributed by atoms with van der Waals surface area (Å²) in [5, 5.41) is 8.00. The Morgan fingerprint density at radius 3 is 2.78 bits per heavy atom. The van der Waals surface area contributed by atoms with Gasteiger partial charge in [-0.2, -0.15) is 0 Å². The summed E-state index contributed by atoms with van der Waals surface area (Å²) in [4.78, 5) is 3.92. The molecule has 1 aromatic heterocycles. The number of nitrogens with zero attached hydrogens (tertiary/aromatic N) is 1. The molecular formula is C12H9BrClN3O. The van der Waals surface area contributed by atoms with Crippen LogP contribution >= 0.6 is 27.5 Å². The Labute approximate surface area is 117 Å². The molecule has 92 valence electrons. The number of amidine groups is 1. The van der Waals surface area contributed by atoms with Crippen LogP contribution in [0.2, 0.25) is 5.02 Å². The number of nitrogen functional groups attached to an aromatic ring is 1. The minimum Gasteiger partial charge on any atom is -0.455 e. The molecule has 0 bridgehead atoms. The van der Waals surface area contributed by atoms with Crippen molar-refractivity contribution < 1.29 is 4.74 Å². The van der Waals surface area contributed by atoms with Crippen molar-refractivity contribution in [3.05, 3.63) is 51.7 Å². The van der Waals surface area contributed by atoms with Crippen molar-refractivity contribution in [3.63, 3.8) is 0 Å². The molecule has 0 amide bonds. The summed E-state index contributed by atoms with van der Waals surface area (Å²) in [5.41, 5.74) is 6.01. The number of hydrogen-bond acceptors (Lipinski definition) is 3. The highest BCUT2D eigenvalue weighted by atomic mass is 79.9. The first-order valence-electron chi connectivity index (χ1n) is 4.98. The second kappa shape index (κ2) is 5.37. The number of benzene rings is 1.